The Hall–Kier alpha value is -2.38. The number of nitrogens with zero attached hydrogens (tertiary/aromatic N) is 3. The van der Waals surface area contributed by atoms with Crippen molar-refractivity contribution in [3.63, 3.8) is 0 Å². The molecule has 182 valence electrons. The minimum atomic E-state index is -0.246. The molecule has 0 aliphatic carbocycles. The maximum Gasteiger partial charge on any atom is 0.246 e. The van der Waals surface area contributed by atoms with E-state index in [1.165, 1.54) is 25.7 Å². The number of carbonyl (C=O) groups is 2. The van der Waals surface area contributed by atoms with Gasteiger partial charge in [-0.05, 0) is 64.0 Å². The van der Waals surface area contributed by atoms with E-state index in [0.717, 1.165) is 65.0 Å². The first kappa shape index (κ1) is 25.2. The summed E-state index contributed by atoms with van der Waals surface area (Å²) in [6.45, 7) is 8.73. The number of methoxy groups -OCH3 is 1. The van der Waals surface area contributed by atoms with Crippen LogP contribution in [-0.4, -0.2) is 92.5 Å². The zero-order chi connectivity index (χ0) is 23.6. The summed E-state index contributed by atoms with van der Waals surface area (Å²) < 4.78 is 11.1. The molecule has 1 aromatic carbocycles. The Bertz CT molecular complexity index is 818. The predicted octanol–water partition coefficient (Wildman–Crippen LogP) is 3.24. The van der Waals surface area contributed by atoms with E-state index in [2.05, 4.69) is 23.8 Å². The molecule has 2 saturated heterocycles. The molecule has 0 spiro atoms. The lowest BCUT2D eigenvalue weighted by molar-refractivity contribution is -0.127. The average Bonchev–Trinajstić information content (AvgIpc) is 3.06. The van der Waals surface area contributed by atoms with Crippen LogP contribution in [-0.2, 0) is 4.79 Å². The molecule has 0 saturated carbocycles. The summed E-state index contributed by atoms with van der Waals surface area (Å²) >= 11 is 0. The number of amides is 1. The normalized spacial score (nSPS) is 18.9. The summed E-state index contributed by atoms with van der Waals surface area (Å²) in [6, 6.07) is 5.74. The van der Waals surface area contributed by atoms with Crippen molar-refractivity contribution < 1.29 is 19.1 Å². The van der Waals surface area contributed by atoms with Crippen molar-refractivity contribution in [2.75, 3.05) is 60.0 Å². The van der Waals surface area contributed by atoms with Crippen molar-refractivity contribution in [1.82, 2.24) is 14.7 Å². The molecule has 0 atom stereocenters. The standard InChI is InChI=1S/C26H39N3O4/c1-4-5-19-33-22-7-8-23(25(20-22)32-3)24(30)9-10-26(31)29-15-11-21(12-16-29)28-14-6-13-27(2)17-18-28/h7-10,20-21H,4-6,11-19H2,1-3H3. The van der Waals surface area contributed by atoms with Crippen LogP contribution in [0.1, 0.15) is 49.4 Å². The van der Waals surface area contributed by atoms with Gasteiger partial charge in [0.25, 0.3) is 0 Å². The highest BCUT2D eigenvalue weighted by Gasteiger charge is 2.27. The number of hydrogen-bond acceptors (Lipinski definition) is 6. The van der Waals surface area contributed by atoms with Gasteiger partial charge < -0.3 is 19.3 Å². The molecule has 2 heterocycles. The first-order valence-electron chi connectivity index (χ1n) is 12.3. The van der Waals surface area contributed by atoms with Crippen LogP contribution in [0.15, 0.2) is 30.4 Å². The topological polar surface area (TPSA) is 62.3 Å². The molecule has 1 amide bonds. The van der Waals surface area contributed by atoms with E-state index in [-0.39, 0.29) is 11.7 Å². The van der Waals surface area contributed by atoms with Gasteiger partial charge >= 0.3 is 0 Å². The highest BCUT2D eigenvalue weighted by Crippen LogP contribution is 2.26. The second-order valence-corrected chi connectivity index (χ2v) is 9.01. The number of carbonyl (C=O) groups excluding carboxylic acids is 2. The molecular weight excluding hydrogens is 418 g/mol. The molecule has 0 bridgehead atoms. The largest absolute Gasteiger partial charge is 0.496 e. The monoisotopic (exact) mass is 457 g/mol. The van der Waals surface area contributed by atoms with Crippen LogP contribution >= 0.6 is 0 Å². The van der Waals surface area contributed by atoms with E-state index in [1.807, 2.05) is 4.90 Å². The third kappa shape index (κ3) is 7.30. The number of likely N-dealkylation sites (N-methyl/N-ethyl adjacent to an activating group) is 1. The molecule has 7 nitrogen and oxygen atoms in total. The Labute approximate surface area is 198 Å². The first-order chi connectivity index (χ1) is 16.0. The number of unbranched alkanes of at least 4 members (excludes halogenated alkanes) is 1. The van der Waals surface area contributed by atoms with Crippen LogP contribution in [0.5, 0.6) is 11.5 Å². The average molecular weight is 458 g/mol. The maximum absolute atomic E-state index is 12.7. The van der Waals surface area contributed by atoms with Crippen LogP contribution in [0, 0.1) is 0 Å². The Balaban J connectivity index is 1.51. The Morgan fingerprint density at radius 3 is 2.58 bits per heavy atom. The van der Waals surface area contributed by atoms with E-state index < -0.39 is 0 Å². The number of allylic oxidation sites excluding steroid dienone is 1. The second-order valence-electron chi connectivity index (χ2n) is 9.01. The molecule has 1 aromatic rings. The quantitative estimate of drug-likeness (QED) is 0.322. The van der Waals surface area contributed by atoms with E-state index in [4.69, 9.17) is 9.47 Å². The predicted molar refractivity (Wildman–Crippen MR) is 130 cm³/mol. The summed E-state index contributed by atoms with van der Waals surface area (Å²) in [5.41, 5.74) is 0.425. The number of piperidine rings is 1. The van der Waals surface area contributed by atoms with Crippen LogP contribution in [0.4, 0.5) is 0 Å². The fourth-order valence-corrected chi connectivity index (χ4v) is 4.52. The van der Waals surface area contributed by atoms with E-state index in [1.54, 1.807) is 18.2 Å². The molecular formula is C26H39N3O4. The van der Waals surface area contributed by atoms with E-state index in [9.17, 15) is 9.59 Å². The van der Waals surface area contributed by atoms with Crippen molar-refractivity contribution in [1.29, 1.82) is 0 Å². The molecule has 0 N–H and O–H groups in total. The molecule has 0 radical (unpaired) electrons. The van der Waals surface area contributed by atoms with Crippen molar-refractivity contribution in [2.24, 2.45) is 0 Å². The highest BCUT2D eigenvalue weighted by molar-refractivity contribution is 6.09. The second kappa shape index (κ2) is 12.8. The van der Waals surface area contributed by atoms with Crippen molar-refractivity contribution in [3.05, 3.63) is 35.9 Å². The molecule has 0 aromatic heterocycles. The summed E-state index contributed by atoms with van der Waals surface area (Å²) in [4.78, 5) is 32.2. The van der Waals surface area contributed by atoms with E-state index >= 15 is 0 Å². The van der Waals surface area contributed by atoms with Crippen LogP contribution in [0.25, 0.3) is 0 Å². The number of rotatable bonds is 9. The Morgan fingerprint density at radius 1 is 1.06 bits per heavy atom. The van der Waals surface area contributed by atoms with Crippen molar-refractivity contribution >= 4 is 11.7 Å². The van der Waals surface area contributed by atoms with Gasteiger partial charge in [0.1, 0.15) is 11.5 Å². The van der Waals surface area contributed by atoms with Gasteiger partial charge in [-0.25, -0.2) is 0 Å². The molecule has 0 unspecified atom stereocenters. The van der Waals surface area contributed by atoms with Gasteiger partial charge in [0.05, 0.1) is 19.3 Å². The number of benzene rings is 1. The van der Waals surface area contributed by atoms with Crippen molar-refractivity contribution in [3.8, 4) is 11.5 Å². The smallest absolute Gasteiger partial charge is 0.246 e. The molecule has 2 aliphatic heterocycles. The molecule has 33 heavy (non-hydrogen) atoms. The maximum atomic E-state index is 12.7. The van der Waals surface area contributed by atoms with Gasteiger partial charge in [-0.1, -0.05) is 13.3 Å². The summed E-state index contributed by atoms with van der Waals surface area (Å²) in [5.74, 6) is 0.783. The molecule has 7 heteroatoms. The summed E-state index contributed by atoms with van der Waals surface area (Å²) in [5, 5.41) is 0. The fourth-order valence-electron chi connectivity index (χ4n) is 4.52. The van der Waals surface area contributed by atoms with Crippen LogP contribution < -0.4 is 9.47 Å². The SMILES string of the molecule is CCCCOc1ccc(C(=O)C=CC(=O)N2CCC(N3CCCN(C)CC3)CC2)c(OC)c1. The Kier molecular flexibility index (Phi) is 9.76. The molecule has 2 aliphatic rings. The minimum Gasteiger partial charge on any atom is -0.496 e. The Morgan fingerprint density at radius 2 is 1.85 bits per heavy atom. The van der Waals surface area contributed by atoms with Crippen LogP contribution in [0.2, 0.25) is 0 Å². The van der Waals surface area contributed by atoms with Gasteiger partial charge in [-0.15, -0.1) is 0 Å². The minimum absolute atomic E-state index is 0.101. The summed E-state index contributed by atoms with van der Waals surface area (Å²) in [7, 11) is 3.72. The van der Waals surface area contributed by atoms with Crippen molar-refractivity contribution in [2.45, 2.75) is 45.1 Å². The molecule has 2 fully saturated rings. The van der Waals surface area contributed by atoms with Gasteiger partial charge in [-0.3, -0.25) is 14.5 Å². The number of hydrogen-bond donors (Lipinski definition) is 0. The lowest BCUT2D eigenvalue weighted by atomic mass is 10.0. The highest BCUT2D eigenvalue weighted by atomic mass is 16.5. The van der Waals surface area contributed by atoms with Gasteiger partial charge in [0.15, 0.2) is 5.78 Å². The van der Waals surface area contributed by atoms with Gasteiger partial charge in [0.2, 0.25) is 5.91 Å². The number of ether oxygens (including phenoxy) is 2. The van der Waals surface area contributed by atoms with E-state index in [0.29, 0.717) is 29.7 Å². The first-order valence-corrected chi connectivity index (χ1v) is 12.3. The summed E-state index contributed by atoms with van der Waals surface area (Å²) in [6.07, 6.45) is 7.97. The van der Waals surface area contributed by atoms with Crippen LogP contribution in [0.3, 0.4) is 0 Å². The zero-order valence-electron chi connectivity index (χ0n) is 20.4. The van der Waals surface area contributed by atoms with Gasteiger partial charge in [0, 0.05) is 44.4 Å². The molecule has 3 rings (SSSR count). The number of likely N-dealkylation sites (tertiary alicyclic amines) is 1. The van der Waals surface area contributed by atoms with Gasteiger partial charge in [-0.2, -0.15) is 0 Å². The zero-order valence-corrected chi connectivity index (χ0v) is 20.4. The lowest BCUT2D eigenvalue weighted by Gasteiger charge is -2.37. The lowest BCUT2D eigenvalue weighted by Crippen LogP contribution is -2.47. The fraction of sp³-hybridized carbons (Fsp3) is 0.615. The third-order valence-electron chi connectivity index (χ3n) is 6.63. The number of ketones is 1. The third-order valence-corrected chi connectivity index (χ3v) is 6.63.